The van der Waals surface area contributed by atoms with E-state index in [4.69, 9.17) is 40.5 Å². The highest BCUT2D eigenvalue weighted by molar-refractivity contribution is 7.92. The van der Waals surface area contributed by atoms with E-state index in [0.29, 0.717) is 0 Å². The molecule has 2 aromatic rings. The number of sulfonamides is 1. The number of halogens is 4. The highest BCUT2D eigenvalue weighted by atomic mass is 35.5. The third-order valence-corrected chi connectivity index (χ3v) is 4.76. The first-order valence-electron chi connectivity index (χ1n) is 5.43. The number of nitrogens with one attached hydrogen (secondary N) is 1. The Labute approximate surface area is 135 Å². The van der Waals surface area contributed by atoms with Crippen molar-refractivity contribution >= 4 is 56.2 Å². The summed E-state index contributed by atoms with van der Waals surface area (Å²) in [7, 11) is -4.29. The van der Waals surface area contributed by atoms with E-state index in [2.05, 4.69) is 4.72 Å². The first-order valence-corrected chi connectivity index (χ1v) is 8.05. The van der Waals surface area contributed by atoms with Crippen LogP contribution < -0.4 is 10.5 Å². The van der Waals surface area contributed by atoms with Crippen LogP contribution in [0.4, 0.5) is 15.8 Å². The molecule has 0 aromatic heterocycles. The molecule has 0 atom stereocenters. The van der Waals surface area contributed by atoms with Gasteiger partial charge in [-0.2, -0.15) is 0 Å². The normalized spacial score (nSPS) is 11.4. The average molecular weight is 370 g/mol. The number of hydrogen-bond donors (Lipinski definition) is 2. The van der Waals surface area contributed by atoms with E-state index < -0.39 is 25.8 Å². The van der Waals surface area contributed by atoms with Crippen LogP contribution in [-0.2, 0) is 10.0 Å². The molecule has 21 heavy (non-hydrogen) atoms. The predicted octanol–water partition coefficient (Wildman–Crippen LogP) is 4.17. The van der Waals surface area contributed by atoms with Crippen molar-refractivity contribution < 1.29 is 12.8 Å². The zero-order valence-electron chi connectivity index (χ0n) is 10.2. The standard InChI is InChI=1S/C12H8Cl3FN2O2S/c13-7-2-1-3-8(14)12(7)18-21(19,20)10-5-6(17)4-9(15)11(10)16/h1-5,18H,17H2. The second kappa shape index (κ2) is 5.88. The van der Waals surface area contributed by atoms with Crippen LogP contribution in [0.1, 0.15) is 0 Å². The molecule has 0 bridgehead atoms. The van der Waals surface area contributed by atoms with Crippen LogP contribution in [0, 0.1) is 5.82 Å². The lowest BCUT2D eigenvalue weighted by Crippen LogP contribution is -2.16. The third kappa shape index (κ3) is 3.35. The molecule has 0 radical (unpaired) electrons. The molecule has 0 aliphatic heterocycles. The molecule has 0 unspecified atom stereocenters. The van der Waals surface area contributed by atoms with E-state index in [0.717, 1.165) is 12.1 Å². The van der Waals surface area contributed by atoms with Crippen molar-refractivity contribution in [3.05, 3.63) is 51.2 Å². The van der Waals surface area contributed by atoms with Crippen molar-refractivity contribution in [2.45, 2.75) is 4.90 Å². The molecule has 0 spiro atoms. The van der Waals surface area contributed by atoms with Gasteiger partial charge in [0.2, 0.25) is 0 Å². The second-order valence-corrected chi connectivity index (χ2v) is 6.89. The molecule has 9 heteroatoms. The van der Waals surface area contributed by atoms with Crippen LogP contribution in [0.25, 0.3) is 0 Å². The van der Waals surface area contributed by atoms with Crippen molar-refractivity contribution in [3.8, 4) is 0 Å². The van der Waals surface area contributed by atoms with Gasteiger partial charge in [-0.1, -0.05) is 40.9 Å². The predicted molar refractivity (Wildman–Crippen MR) is 83.1 cm³/mol. The highest BCUT2D eigenvalue weighted by Crippen LogP contribution is 2.33. The Bertz CT molecular complexity index is 792. The molecule has 4 nitrogen and oxygen atoms in total. The van der Waals surface area contributed by atoms with Gasteiger partial charge < -0.3 is 5.73 Å². The lowest BCUT2D eigenvalue weighted by molar-refractivity contribution is 0.571. The minimum atomic E-state index is -4.29. The molecule has 0 saturated heterocycles. The largest absolute Gasteiger partial charge is 0.399 e. The molecule has 0 aliphatic carbocycles. The van der Waals surface area contributed by atoms with Crippen LogP contribution in [-0.4, -0.2) is 8.42 Å². The SMILES string of the molecule is Nc1cc(Cl)c(F)c(S(=O)(=O)Nc2c(Cl)cccc2Cl)c1. The van der Waals surface area contributed by atoms with Gasteiger partial charge in [-0.05, 0) is 24.3 Å². The van der Waals surface area contributed by atoms with Crippen LogP contribution >= 0.6 is 34.8 Å². The highest BCUT2D eigenvalue weighted by Gasteiger charge is 2.23. The fraction of sp³-hybridized carbons (Fsp3) is 0. The maximum Gasteiger partial charge on any atom is 0.265 e. The fourth-order valence-electron chi connectivity index (χ4n) is 1.56. The first kappa shape index (κ1) is 16.2. The van der Waals surface area contributed by atoms with Crippen LogP contribution in [0.2, 0.25) is 15.1 Å². The summed E-state index contributed by atoms with van der Waals surface area (Å²) < 4.78 is 40.5. The Balaban J connectivity index is 2.54. The van der Waals surface area contributed by atoms with E-state index in [1.807, 2.05) is 0 Å². The topological polar surface area (TPSA) is 72.2 Å². The Morgan fingerprint density at radius 2 is 1.62 bits per heavy atom. The zero-order valence-corrected chi connectivity index (χ0v) is 13.3. The van der Waals surface area contributed by atoms with E-state index in [1.165, 1.54) is 12.1 Å². The van der Waals surface area contributed by atoms with Gasteiger partial charge in [0.05, 0.1) is 20.8 Å². The van der Waals surface area contributed by atoms with Crippen molar-refractivity contribution in [1.82, 2.24) is 0 Å². The van der Waals surface area contributed by atoms with Crippen molar-refractivity contribution in [2.24, 2.45) is 0 Å². The molecule has 0 fully saturated rings. The Kier molecular flexibility index (Phi) is 4.53. The Hall–Kier alpha value is -1.21. The monoisotopic (exact) mass is 368 g/mol. The van der Waals surface area contributed by atoms with Crippen molar-refractivity contribution in [1.29, 1.82) is 0 Å². The smallest absolute Gasteiger partial charge is 0.265 e. The van der Waals surface area contributed by atoms with Gasteiger partial charge in [0.25, 0.3) is 10.0 Å². The quantitative estimate of drug-likeness (QED) is 0.798. The van der Waals surface area contributed by atoms with Crippen molar-refractivity contribution in [3.63, 3.8) is 0 Å². The summed E-state index contributed by atoms with van der Waals surface area (Å²) in [4.78, 5) is -0.691. The van der Waals surface area contributed by atoms with Crippen LogP contribution in [0.5, 0.6) is 0 Å². The van der Waals surface area contributed by atoms with Gasteiger partial charge in [0.1, 0.15) is 4.90 Å². The third-order valence-electron chi connectivity index (χ3n) is 2.51. The van der Waals surface area contributed by atoms with Crippen LogP contribution in [0.3, 0.4) is 0 Å². The average Bonchev–Trinajstić information content (AvgIpc) is 2.38. The molecular formula is C12H8Cl3FN2O2S. The van der Waals surface area contributed by atoms with Gasteiger partial charge in [0, 0.05) is 5.69 Å². The number of nitrogen functional groups attached to an aromatic ring is 1. The summed E-state index contributed by atoms with van der Waals surface area (Å²) in [5, 5.41) is -0.261. The second-order valence-electron chi connectivity index (χ2n) is 4.02. The molecule has 2 rings (SSSR count). The van der Waals surface area contributed by atoms with Gasteiger partial charge >= 0.3 is 0 Å². The summed E-state index contributed by atoms with van der Waals surface area (Å²) >= 11 is 17.3. The maximum absolute atomic E-state index is 13.9. The van der Waals surface area contributed by atoms with E-state index in [1.54, 1.807) is 6.07 Å². The molecule has 0 aliphatic rings. The van der Waals surface area contributed by atoms with Gasteiger partial charge in [-0.3, -0.25) is 4.72 Å². The van der Waals surface area contributed by atoms with E-state index >= 15 is 0 Å². The Morgan fingerprint density at radius 1 is 1.05 bits per heavy atom. The van der Waals surface area contributed by atoms with Gasteiger partial charge in [-0.25, -0.2) is 12.8 Å². The number of benzene rings is 2. The molecule has 3 N–H and O–H groups in total. The first-order chi connectivity index (χ1) is 9.72. The number of hydrogen-bond acceptors (Lipinski definition) is 3. The molecule has 112 valence electrons. The fourth-order valence-corrected chi connectivity index (χ4v) is 3.69. The molecule has 0 saturated carbocycles. The van der Waals surface area contributed by atoms with Gasteiger partial charge in [0.15, 0.2) is 5.82 Å². The molecule has 0 heterocycles. The molecule has 0 amide bonds. The summed E-state index contributed by atoms with van der Waals surface area (Å²) in [6.45, 7) is 0. The summed E-state index contributed by atoms with van der Waals surface area (Å²) in [6.07, 6.45) is 0. The lowest BCUT2D eigenvalue weighted by atomic mass is 10.3. The zero-order chi connectivity index (χ0) is 15.8. The van der Waals surface area contributed by atoms with Crippen LogP contribution in [0.15, 0.2) is 35.2 Å². The summed E-state index contributed by atoms with van der Waals surface area (Å²) in [6, 6.07) is 6.48. The minimum absolute atomic E-state index is 0.00651. The number of anilines is 2. The Morgan fingerprint density at radius 3 is 2.19 bits per heavy atom. The minimum Gasteiger partial charge on any atom is -0.399 e. The number of para-hydroxylation sites is 1. The van der Waals surface area contributed by atoms with E-state index in [9.17, 15) is 12.8 Å². The lowest BCUT2D eigenvalue weighted by Gasteiger charge is -2.12. The number of rotatable bonds is 3. The van der Waals surface area contributed by atoms with Crippen molar-refractivity contribution in [2.75, 3.05) is 10.5 Å². The van der Waals surface area contributed by atoms with E-state index in [-0.39, 0.29) is 21.4 Å². The van der Waals surface area contributed by atoms with Gasteiger partial charge in [-0.15, -0.1) is 0 Å². The summed E-state index contributed by atoms with van der Waals surface area (Å²) in [5.74, 6) is -1.11. The maximum atomic E-state index is 13.9. The number of nitrogens with two attached hydrogens (primary N) is 1. The summed E-state index contributed by atoms with van der Waals surface area (Å²) in [5.41, 5.74) is 5.43. The molecule has 2 aromatic carbocycles. The molecular weight excluding hydrogens is 362 g/mol.